The van der Waals surface area contributed by atoms with E-state index in [1.807, 2.05) is 42.2 Å². The molecule has 1 aliphatic carbocycles. The number of amides is 1. The molecule has 5 heteroatoms. The second-order valence-electron chi connectivity index (χ2n) is 7.07. The first-order valence-corrected chi connectivity index (χ1v) is 9.12. The van der Waals surface area contributed by atoms with Crippen molar-refractivity contribution in [2.45, 2.75) is 45.8 Å². The summed E-state index contributed by atoms with van der Waals surface area (Å²) < 4.78 is 4.34. The maximum atomic E-state index is 12.7. The van der Waals surface area contributed by atoms with Gasteiger partial charge in [0.15, 0.2) is 0 Å². The Balaban J connectivity index is 1.48. The van der Waals surface area contributed by atoms with E-state index in [0.29, 0.717) is 12.6 Å². The van der Waals surface area contributed by atoms with Gasteiger partial charge in [-0.1, -0.05) is 24.3 Å². The van der Waals surface area contributed by atoms with Crippen molar-refractivity contribution in [1.82, 2.24) is 19.4 Å². The molecule has 1 N–H and O–H groups in total. The average Bonchev–Trinajstić information content (AvgIpc) is 3.24. The van der Waals surface area contributed by atoms with Crippen LogP contribution in [0.1, 0.15) is 51.8 Å². The van der Waals surface area contributed by atoms with Gasteiger partial charge >= 0.3 is 0 Å². The Labute approximate surface area is 153 Å². The molecule has 1 saturated carbocycles. The number of benzene rings is 1. The van der Waals surface area contributed by atoms with Gasteiger partial charge in [0.05, 0.1) is 11.9 Å². The fourth-order valence-electron chi connectivity index (χ4n) is 3.63. The summed E-state index contributed by atoms with van der Waals surface area (Å²) in [6.45, 7) is 5.41. The number of hydrogen-bond acceptors (Lipinski definition) is 2. The Bertz CT molecular complexity index is 920. The fraction of sp³-hybridized carbons (Fsp3) is 0.333. The number of aryl methyl sites for hydroxylation is 1. The van der Waals surface area contributed by atoms with Crippen LogP contribution in [0.5, 0.6) is 0 Å². The van der Waals surface area contributed by atoms with Gasteiger partial charge in [0, 0.05) is 42.9 Å². The summed E-state index contributed by atoms with van der Waals surface area (Å²) >= 11 is 0. The SMILES string of the molecule is Cc1cc(C(=O)NCc2ccccc2Cn2ccnc2)c(C)n1C1CC1. The highest BCUT2D eigenvalue weighted by Gasteiger charge is 2.28. The lowest BCUT2D eigenvalue weighted by molar-refractivity contribution is 0.0950. The summed E-state index contributed by atoms with van der Waals surface area (Å²) in [5.41, 5.74) is 5.37. The zero-order chi connectivity index (χ0) is 18.1. The molecule has 26 heavy (non-hydrogen) atoms. The molecule has 2 heterocycles. The van der Waals surface area contributed by atoms with Gasteiger partial charge in [0.1, 0.15) is 0 Å². The van der Waals surface area contributed by atoms with E-state index in [-0.39, 0.29) is 5.91 Å². The van der Waals surface area contributed by atoms with Crippen molar-refractivity contribution < 1.29 is 4.79 Å². The van der Waals surface area contributed by atoms with Crippen LogP contribution in [0.15, 0.2) is 49.1 Å². The smallest absolute Gasteiger partial charge is 0.253 e. The number of aromatic nitrogens is 3. The van der Waals surface area contributed by atoms with Crippen molar-refractivity contribution in [3.05, 3.63) is 77.1 Å². The van der Waals surface area contributed by atoms with Crippen LogP contribution >= 0.6 is 0 Å². The number of hydrogen-bond donors (Lipinski definition) is 1. The van der Waals surface area contributed by atoms with E-state index >= 15 is 0 Å². The van der Waals surface area contributed by atoms with Crippen LogP contribution in [-0.2, 0) is 13.1 Å². The third kappa shape index (κ3) is 3.29. The molecule has 0 bridgehead atoms. The van der Waals surface area contributed by atoms with Crippen molar-refractivity contribution >= 4 is 5.91 Å². The van der Waals surface area contributed by atoms with E-state index in [9.17, 15) is 4.79 Å². The molecule has 3 aromatic rings. The number of nitrogens with one attached hydrogen (secondary N) is 1. The van der Waals surface area contributed by atoms with Crippen LogP contribution in [-0.4, -0.2) is 20.0 Å². The van der Waals surface area contributed by atoms with E-state index in [1.54, 1.807) is 6.20 Å². The monoisotopic (exact) mass is 348 g/mol. The molecule has 5 nitrogen and oxygen atoms in total. The van der Waals surface area contributed by atoms with Crippen molar-refractivity contribution in [2.24, 2.45) is 0 Å². The minimum absolute atomic E-state index is 0.00225. The van der Waals surface area contributed by atoms with Crippen molar-refractivity contribution in [2.75, 3.05) is 0 Å². The van der Waals surface area contributed by atoms with Gasteiger partial charge in [0.25, 0.3) is 5.91 Å². The quantitative estimate of drug-likeness (QED) is 0.740. The summed E-state index contributed by atoms with van der Waals surface area (Å²) in [7, 11) is 0. The Morgan fingerprint density at radius 3 is 2.69 bits per heavy atom. The summed E-state index contributed by atoms with van der Waals surface area (Å²) in [4.78, 5) is 16.8. The van der Waals surface area contributed by atoms with E-state index in [4.69, 9.17) is 0 Å². The first-order valence-electron chi connectivity index (χ1n) is 9.12. The number of carbonyl (C=O) groups is 1. The maximum absolute atomic E-state index is 12.7. The molecular weight excluding hydrogens is 324 g/mol. The van der Waals surface area contributed by atoms with E-state index in [2.05, 4.69) is 33.9 Å². The molecule has 2 aromatic heterocycles. The van der Waals surface area contributed by atoms with E-state index < -0.39 is 0 Å². The third-order valence-electron chi connectivity index (χ3n) is 5.11. The lowest BCUT2D eigenvalue weighted by atomic mass is 10.1. The lowest BCUT2D eigenvalue weighted by Crippen LogP contribution is -2.24. The standard InChI is InChI=1S/C21H24N4O/c1-15-11-20(16(2)25(15)19-7-8-19)21(26)23-12-17-5-3-4-6-18(17)13-24-10-9-22-14-24/h3-6,9-11,14,19H,7-8,12-13H2,1-2H3,(H,23,26). The molecular formula is C21H24N4O. The van der Waals surface area contributed by atoms with Gasteiger partial charge in [-0.05, 0) is 43.9 Å². The van der Waals surface area contributed by atoms with Crippen molar-refractivity contribution in [3.8, 4) is 0 Å². The Kier molecular flexibility index (Phi) is 4.37. The molecule has 134 valence electrons. The third-order valence-corrected chi connectivity index (χ3v) is 5.11. The summed E-state index contributed by atoms with van der Waals surface area (Å²) in [6, 6.07) is 10.8. The molecule has 4 rings (SSSR count). The highest BCUT2D eigenvalue weighted by atomic mass is 16.1. The van der Waals surface area contributed by atoms with Gasteiger partial charge < -0.3 is 14.5 Å². The minimum atomic E-state index is 0.00225. The van der Waals surface area contributed by atoms with Gasteiger partial charge in [-0.3, -0.25) is 4.79 Å². The predicted octanol–water partition coefficient (Wildman–Crippen LogP) is 3.61. The number of rotatable bonds is 6. The molecule has 1 fully saturated rings. The van der Waals surface area contributed by atoms with Crippen LogP contribution in [0, 0.1) is 13.8 Å². The molecule has 0 saturated heterocycles. The first-order chi connectivity index (χ1) is 12.6. The molecule has 1 aromatic carbocycles. The topological polar surface area (TPSA) is 51.9 Å². The maximum Gasteiger partial charge on any atom is 0.253 e. The summed E-state index contributed by atoms with van der Waals surface area (Å²) in [5.74, 6) is 0.00225. The highest BCUT2D eigenvalue weighted by Crippen LogP contribution is 2.38. The molecule has 0 radical (unpaired) electrons. The van der Waals surface area contributed by atoms with Crippen LogP contribution < -0.4 is 5.32 Å². The van der Waals surface area contributed by atoms with E-state index in [1.165, 1.54) is 24.1 Å². The van der Waals surface area contributed by atoms with Crippen molar-refractivity contribution in [3.63, 3.8) is 0 Å². The lowest BCUT2D eigenvalue weighted by Gasteiger charge is -2.12. The van der Waals surface area contributed by atoms with Crippen LogP contribution in [0.25, 0.3) is 0 Å². The highest BCUT2D eigenvalue weighted by molar-refractivity contribution is 5.95. The zero-order valence-electron chi connectivity index (χ0n) is 15.3. The number of carbonyl (C=O) groups excluding carboxylic acids is 1. The van der Waals surface area contributed by atoms with Gasteiger partial charge in [0.2, 0.25) is 0 Å². The minimum Gasteiger partial charge on any atom is -0.348 e. The average molecular weight is 348 g/mol. The first kappa shape index (κ1) is 16.6. The fourth-order valence-corrected chi connectivity index (χ4v) is 3.63. The summed E-state index contributed by atoms with van der Waals surface area (Å²) in [6.07, 6.45) is 7.97. The van der Waals surface area contributed by atoms with Gasteiger partial charge in [-0.15, -0.1) is 0 Å². The molecule has 0 spiro atoms. The van der Waals surface area contributed by atoms with Gasteiger partial charge in [-0.2, -0.15) is 0 Å². The zero-order valence-corrected chi connectivity index (χ0v) is 15.3. The number of imidazole rings is 1. The Hall–Kier alpha value is -2.82. The van der Waals surface area contributed by atoms with E-state index in [0.717, 1.165) is 23.4 Å². The molecule has 0 aliphatic heterocycles. The molecule has 0 unspecified atom stereocenters. The van der Waals surface area contributed by atoms with Gasteiger partial charge in [-0.25, -0.2) is 4.98 Å². The van der Waals surface area contributed by atoms with Crippen LogP contribution in [0.3, 0.4) is 0 Å². The molecule has 1 amide bonds. The predicted molar refractivity (Wildman–Crippen MR) is 101 cm³/mol. The second kappa shape index (κ2) is 6.83. The number of nitrogens with zero attached hydrogens (tertiary/aromatic N) is 3. The molecule has 0 atom stereocenters. The van der Waals surface area contributed by atoms with Crippen LogP contribution in [0.2, 0.25) is 0 Å². The Morgan fingerprint density at radius 1 is 1.23 bits per heavy atom. The molecule has 1 aliphatic rings. The largest absolute Gasteiger partial charge is 0.348 e. The van der Waals surface area contributed by atoms with Crippen molar-refractivity contribution in [1.29, 1.82) is 0 Å². The van der Waals surface area contributed by atoms with Crippen LogP contribution in [0.4, 0.5) is 0 Å². The second-order valence-corrected chi connectivity index (χ2v) is 7.07. The summed E-state index contributed by atoms with van der Waals surface area (Å²) in [5, 5.41) is 3.10. The normalized spacial score (nSPS) is 13.8. The Morgan fingerprint density at radius 2 is 2.00 bits per heavy atom.